The lowest BCUT2D eigenvalue weighted by atomic mass is 9.72. The van der Waals surface area contributed by atoms with Crippen molar-refractivity contribution in [3.8, 4) is 0 Å². The average molecular weight is 233 g/mol. The standard InChI is InChI=1S/C15H23NO/c1-16(2)15(14-6-4-3-5-7-14)10-8-13(12-17)9-11-15/h3-7,13,17H,8-12H2,1-2H3. The minimum Gasteiger partial charge on any atom is -0.396 e. The molecule has 17 heavy (non-hydrogen) atoms. The number of rotatable bonds is 3. The Morgan fingerprint density at radius 1 is 1.18 bits per heavy atom. The second-order valence-electron chi connectivity index (χ2n) is 5.42. The van der Waals surface area contributed by atoms with E-state index >= 15 is 0 Å². The Hall–Kier alpha value is -0.860. The molecule has 2 heteroatoms. The van der Waals surface area contributed by atoms with E-state index in [0.717, 1.165) is 25.7 Å². The number of hydrogen-bond acceptors (Lipinski definition) is 2. The molecule has 0 aromatic heterocycles. The molecule has 2 rings (SSSR count). The summed E-state index contributed by atoms with van der Waals surface area (Å²) < 4.78 is 0. The molecule has 0 amide bonds. The van der Waals surface area contributed by atoms with Gasteiger partial charge in [-0.3, -0.25) is 4.90 Å². The highest BCUT2D eigenvalue weighted by Gasteiger charge is 2.38. The van der Waals surface area contributed by atoms with E-state index in [1.807, 2.05) is 0 Å². The number of nitrogens with zero attached hydrogens (tertiary/aromatic N) is 1. The lowest BCUT2D eigenvalue weighted by Crippen LogP contribution is -2.44. The zero-order chi connectivity index (χ0) is 12.3. The quantitative estimate of drug-likeness (QED) is 0.867. The van der Waals surface area contributed by atoms with Crippen LogP contribution >= 0.6 is 0 Å². The molecule has 1 N–H and O–H groups in total. The van der Waals surface area contributed by atoms with Crippen molar-refractivity contribution >= 4 is 0 Å². The van der Waals surface area contributed by atoms with E-state index in [1.165, 1.54) is 5.56 Å². The number of aliphatic hydroxyl groups is 1. The van der Waals surface area contributed by atoms with Crippen LogP contribution in [0, 0.1) is 5.92 Å². The lowest BCUT2D eigenvalue weighted by molar-refractivity contribution is 0.0596. The fourth-order valence-electron chi connectivity index (χ4n) is 3.08. The molecule has 0 aliphatic heterocycles. The molecule has 0 saturated heterocycles. The topological polar surface area (TPSA) is 23.5 Å². The summed E-state index contributed by atoms with van der Waals surface area (Å²) in [5.74, 6) is 0.506. The molecule has 1 aromatic rings. The molecule has 1 aliphatic carbocycles. The van der Waals surface area contributed by atoms with Crippen molar-refractivity contribution < 1.29 is 5.11 Å². The van der Waals surface area contributed by atoms with E-state index in [2.05, 4.69) is 49.3 Å². The van der Waals surface area contributed by atoms with Gasteiger partial charge in [-0.1, -0.05) is 30.3 Å². The van der Waals surface area contributed by atoms with Gasteiger partial charge in [0.25, 0.3) is 0 Å². The van der Waals surface area contributed by atoms with Gasteiger partial charge < -0.3 is 5.11 Å². The third-order valence-corrected chi connectivity index (χ3v) is 4.36. The number of hydrogen-bond donors (Lipinski definition) is 1. The van der Waals surface area contributed by atoms with Crippen LogP contribution in [0.1, 0.15) is 31.2 Å². The maximum Gasteiger partial charge on any atom is 0.0459 e. The van der Waals surface area contributed by atoms with Gasteiger partial charge in [0.15, 0.2) is 0 Å². The van der Waals surface area contributed by atoms with E-state index in [1.54, 1.807) is 0 Å². The van der Waals surface area contributed by atoms with Crippen LogP contribution in [0.25, 0.3) is 0 Å². The van der Waals surface area contributed by atoms with E-state index < -0.39 is 0 Å². The first-order valence-corrected chi connectivity index (χ1v) is 6.53. The molecule has 0 atom stereocenters. The van der Waals surface area contributed by atoms with Crippen molar-refractivity contribution in [2.45, 2.75) is 31.2 Å². The maximum absolute atomic E-state index is 9.26. The lowest BCUT2D eigenvalue weighted by Gasteiger charge is -2.45. The predicted molar refractivity (Wildman–Crippen MR) is 70.9 cm³/mol. The molecule has 0 heterocycles. The summed E-state index contributed by atoms with van der Waals surface area (Å²) in [7, 11) is 4.35. The molecular weight excluding hydrogens is 210 g/mol. The second kappa shape index (κ2) is 5.19. The summed E-state index contributed by atoms with van der Waals surface area (Å²) >= 11 is 0. The monoisotopic (exact) mass is 233 g/mol. The Morgan fingerprint density at radius 3 is 2.24 bits per heavy atom. The number of benzene rings is 1. The molecule has 0 bridgehead atoms. The second-order valence-corrected chi connectivity index (χ2v) is 5.42. The van der Waals surface area contributed by atoms with Crippen molar-refractivity contribution in [1.29, 1.82) is 0 Å². The van der Waals surface area contributed by atoms with Crippen LogP contribution < -0.4 is 0 Å². The highest BCUT2D eigenvalue weighted by Crippen LogP contribution is 2.42. The molecule has 94 valence electrons. The third kappa shape index (κ3) is 2.38. The van der Waals surface area contributed by atoms with Crippen LogP contribution in [0.15, 0.2) is 30.3 Å². The molecule has 1 aromatic carbocycles. The molecule has 1 fully saturated rings. The van der Waals surface area contributed by atoms with Crippen molar-refractivity contribution in [3.05, 3.63) is 35.9 Å². The van der Waals surface area contributed by atoms with Crippen LogP contribution in [0.4, 0.5) is 0 Å². The van der Waals surface area contributed by atoms with Crippen LogP contribution in [-0.4, -0.2) is 30.7 Å². The molecule has 1 saturated carbocycles. The zero-order valence-electron chi connectivity index (χ0n) is 10.9. The summed E-state index contributed by atoms with van der Waals surface area (Å²) in [4.78, 5) is 2.36. The van der Waals surface area contributed by atoms with Gasteiger partial charge in [-0.25, -0.2) is 0 Å². The van der Waals surface area contributed by atoms with Gasteiger partial charge in [-0.15, -0.1) is 0 Å². The Morgan fingerprint density at radius 2 is 1.76 bits per heavy atom. The van der Waals surface area contributed by atoms with Crippen molar-refractivity contribution in [3.63, 3.8) is 0 Å². The average Bonchev–Trinajstić information content (AvgIpc) is 2.39. The number of aliphatic hydroxyl groups excluding tert-OH is 1. The predicted octanol–water partition coefficient (Wildman–Crippen LogP) is 2.63. The van der Waals surface area contributed by atoms with E-state index in [4.69, 9.17) is 0 Å². The van der Waals surface area contributed by atoms with Gasteiger partial charge >= 0.3 is 0 Å². The molecule has 0 unspecified atom stereocenters. The molecule has 0 spiro atoms. The summed E-state index contributed by atoms with van der Waals surface area (Å²) in [6.45, 7) is 0.346. The van der Waals surface area contributed by atoms with E-state index in [9.17, 15) is 5.11 Å². The smallest absolute Gasteiger partial charge is 0.0459 e. The fourth-order valence-corrected chi connectivity index (χ4v) is 3.08. The Balaban J connectivity index is 2.24. The van der Waals surface area contributed by atoms with Crippen molar-refractivity contribution in [2.24, 2.45) is 5.92 Å². The van der Waals surface area contributed by atoms with Crippen LogP contribution in [-0.2, 0) is 5.54 Å². The summed E-state index contributed by atoms with van der Waals surface area (Å²) in [6, 6.07) is 10.8. The first-order chi connectivity index (χ1) is 8.19. The fraction of sp³-hybridized carbons (Fsp3) is 0.600. The first-order valence-electron chi connectivity index (χ1n) is 6.53. The largest absolute Gasteiger partial charge is 0.396 e. The molecule has 2 nitrogen and oxygen atoms in total. The minimum atomic E-state index is 0.174. The highest BCUT2D eigenvalue weighted by atomic mass is 16.3. The molecule has 1 aliphatic rings. The molecular formula is C15H23NO. The molecule has 0 radical (unpaired) electrons. The van der Waals surface area contributed by atoms with Gasteiger partial charge in [-0.2, -0.15) is 0 Å². The van der Waals surface area contributed by atoms with Crippen LogP contribution in [0.2, 0.25) is 0 Å². The van der Waals surface area contributed by atoms with Crippen molar-refractivity contribution in [1.82, 2.24) is 4.90 Å². The summed E-state index contributed by atoms with van der Waals surface area (Å²) in [5.41, 5.74) is 1.59. The van der Waals surface area contributed by atoms with Crippen LogP contribution in [0.5, 0.6) is 0 Å². The third-order valence-electron chi connectivity index (χ3n) is 4.36. The highest BCUT2D eigenvalue weighted by molar-refractivity contribution is 5.25. The van der Waals surface area contributed by atoms with Gasteiger partial charge in [0.05, 0.1) is 0 Å². The van der Waals surface area contributed by atoms with Crippen molar-refractivity contribution in [2.75, 3.05) is 20.7 Å². The Labute approximate surface area is 104 Å². The normalized spacial score (nSPS) is 29.5. The van der Waals surface area contributed by atoms with Gasteiger partial charge in [0.1, 0.15) is 0 Å². The van der Waals surface area contributed by atoms with Gasteiger partial charge in [0, 0.05) is 12.1 Å². The Kier molecular flexibility index (Phi) is 3.85. The van der Waals surface area contributed by atoms with E-state index in [-0.39, 0.29) is 5.54 Å². The van der Waals surface area contributed by atoms with Crippen LogP contribution in [0.3, 0.4) is 0 Å². The zero-order valence-corrected chi connectivity index (χ0v) is 10.9. The maximum atomic E-state index is 9.26. The van der Waals surface area contributed by atoms with E-state index in [0.29, 0.717) is 12.5 Å². The van der Waals surface area contributed by atoms with Gasteiger partial charge in [0.2, 0.25) is 0 Å². The minimum absolute atomic E-state index is 0.174. The SMILES string of the molecule is CN(C)C1(c2ccccc2)CCC(CO)CC1. The first kappa shape index (κ1) is 12.6. The Bertz CT molecular complexity index is 339. The summed E-state index contributed by atoms with van der Waals surface area (Å²) in [6.07, 6.45) is 4.55. The summed E-state index contributed by atoms with van der Waals surface area (Å²) in [5, 5.41) is 9.26. The van der Waals surface area contributed by atoms with Gasteiger partial charge in [-0.05, 0) is 51.3 Å².